The Labute approximate surface area is 136 Å². The Hall–Kier alpha value is -1.59. The van der Waals surface area contributed by atoms with Gasteiger partial charge in [-0.3, -0.25) is 14.5 Å². The highest BCUT2D eigenvalue weighted by molar-refractivity contribution is 6.31. The number of carbonyl (C=O) groups excluding carboxylic acids is 2. The second-order valence-electron chi connectivity index (χ2n) is 5.67. The second kappa shape index (κ2) is 8.15. The van der Waals surface area contributed by atoms with Gasteiger partial charge in [0, 0.05) is 18.1 Å². The van der Waals surface area contributed by atoms with Crippen LogP contribution in [0.1, 0.15) is 24.8 Å². The van der Waals surface area contributed by atoms with Crippen LogP contribution in [0, 0.1) is 0 Å². The lowest BCUT2D eigenvalue weighted by Gasteiger charge is -2.20. The Morgan fingerprint density at radius 3 is 2.95 bits per heavy atom. The van der Waals surface area contributed by atoms with Gasteiger partial charge in [0.1, 0.15) is 6.04 Å². The lowest BCUT2D eigenvalue weighted by atomic mass is 10.1. The Morgan fingerprint density at radius 2 is 2.18 bits per heavy atom. The van der Waals surface area contributed by atoms with E-state index in [1.54, 1.807) is 0 Å². The van der Waals surface area contributed by atoms with Gasteiger partial charge < -0.3 is 10.6 Å². The largest absolute Gasteiger partial charge is 0.354 e. The van der Waals surface area contributed by atoms with E-state index >= 15 is 0 Å². The molecule has 1 aromatic carbocycles. The molecule has 0 unspecified atom stereocenters. The number of carbonyl (C=O) groups is 2. The number of nitrogens with zero attached hydrogens (tertiary/aromatic N) is 1. The van der Waals surface area contributed by atoms with Crippen molar-refractivity contribution in [3.05, 3.63) is 34.9 Å². The Morgan fingerprint density at radius 1 is 1.41 bits per heavy atom. The number of likely N-dealkylation sites (N-methyl/N-ethyl adjacent to an activating group) is 1. The minimum Gasteiger partial charge on any atom is -0.354 e. The van der Waals surface area contributed by atoms with Crippen LogP contribution in [0.15, 0.2) is 24.3 Å². The van der Waals surface area contributed by atoms with Crippen molar-refractivity contribution in [2.75, 3.05) is 20.1 Å². The van der Waals surface area contributed by atoms with Crippen LogP contribution >= 0.6 is 11.6 Å². The standard InChI is InChI=1S/C16H22ClN3O2/c1-20(10-12-6-2-3-7-13(12)17)11-15(21)19-14-8-4-5-9-18-16(14)22/h2-3,6-7,14H,4-5,8-11H2,1H3,(H,18,22)(H,19,21)/t14-/m1/s1. The van der Waals surface area contributed by atoms with Crippen molar-refractivity contribution in [3.63, 3.8) is 0 Å². The molecule has 6 heteroatoms. The summed E-state index contributed by atoms with van der Waals surface area (Å²) in [4.78, 5) is 25.8. The van der Waals surface area contributed by atoms with E-state index < -0.39 is 6.04 Å². The van der Waals surface area contributed by atoms with Gasteiger partial charge in [0.25, 0.3) is 0 Å². The van der Waals surface area contributed by atoms with Crippen molar-refractivity contribution in [1.29, 1.82) is 0 Å². The molecule has 1 fully saturated rings. The van der Waals surface area contributed by atoms with Crippen molar-refractivity contribution in [3.8, 4) is 0 Å². The summed E-state index contributed by atoms with van der Waals surface area (Å²) in [6.45, 7) is 1.51. The molecule has 1 heterocycles. The number of halogens is 1. The second-order valence-corrected chi connectivity index (χ2v) is 6.08. The molecular weight excluding hydrogens is 302 g/mol. The molecule has 22 heavy (non-hydrogen) atoms. The third kappa shape index (κ3) is 5.00. The molecule has 0 aliphatic carbocycles. The van der Waals surface area contributed by atoms with Gasteiger partial charge >= 0.3 is 0 Å². The molecule has 5 nitrogen and oxygen atoms in total. The molecule has 0 aromatic heterocycles. The van der Waals surface area contributed by atoms with Crippen LogP contribution in [0.4, 0.5) is 0 Å². The monoisotopic (exact) mass is 323 g/mol. The zero-order valence-electron chi connectivity index (χ0n) is 12.8. The van der Waals surface area contributed by atoms with Crippen LogP contribution in [0.25, 0.3) is 0 Å². The van der Waals surface area contributed by atoms with Crippen molar-refractivity contribution < 1.29 is 9.59 Å². The fourth-order valence-electron chi connectivity index (χ4n) is 2.54. The normalized spacial score (nSPS) is 18.7. The Kier molecular flexibility index (Phi) is 6.21. The van der Waals surface area contributed by atoms with E-state index in [-0.39, 0.29) is 18.4 Å². The van der Waals surface area contributed by atoms with E-state index in [2.05, 4.69) is 10.6 Å². The van der Waals surface area contributed by atoms with Gasteiger partial charge in [0.15, 0.2) is 0 Å². The first kappa shape index (κ1) is 16.8. The molecule has 0 bridgehead atoms. The SMILES string of the molecule is CN(CC(=O)N[C@@H]1CCCCNC1=O)Cc1ccccc1Cl. The minimum absolute atomic E-state index is 0.0837. The molecule has 1 atom stereocenters. The molecule has 2 N–H and O–H groups in total. The quantitative estimate of drug-likeness (QED) is 0.864. The zero-order chi connectivity index (χ0) is 15.9. The van der Waals surface area contributed by atoms with Crippen LogP contribution in [0.5, 0.6) is 0 Å². The minimum atomic E-state index is -0.413. The molecule has 2 amide bonds. The Balaban J connectivity index is 1.83. The predicted molar refractivity (Wildman–Crippen MR) is 86.6 cm³/mol. The lowest BCUT2D eigenvalue weighted by Crippen LogP contribution is -2.48. The van der Waals surface area contributed by atoms with Gasteiger partial charge in [-0.1, -0.05) is 29.8 Å². The summed E-state index contributed by atoms with van der Waals surface area (Å²) in [5.74, 6) is -0.226. The van der Waals surface area contributed by atoms with E-state index in [1.807, 2.05) is 36.2 Å². The Bertz CT molecular complexity index is 536. The van der Waals surface area contributed by atoms with Crippen molar-refractivity contribution in [2.45, 2.75) is 31.8 Å². The van der Waals surface area contributed by atoms with Crippen LogP contribution in [0.2, 0.25) is 5.02 Å². The van der Waals surface area contributed by atoms with Crippen LogP contribution in [-0.4, -0.2) is 42.9 Å². The summed E-state index contributed by atoms with van der Waals surface area (Å²) < 4.78 is 0. The van der Waals surface area contributed by atoms with Crippen molar-refractivity contribution in [1.82, 2.24) is 15.5 Å². The number of hydrogen-bond acceptors (Lipinski definition) is 3. The van der Waals surface area contributed by atoms with Gasteiger partial charge in [0.2, 0.25) is 11.8 Å². The summed E-state index contributed by atoms with van der Waals surface area (Å²) in [5.41, 5.74) is 0.978. The molecule has 120 valence electrons. The number of rotatable bonds is 5. The first-order chi connectivity index (χ1) is 10.6. The van der Waals surface area contributed by atoms with Gasteiger partial charge in [-0.05, 0) is 37.9 Å². The van der Waals surface area contributed by atoms with Gasteiger partial charge in [-0.25, -0.2) is 0 Å². The molecule has 0 saturated carbocycles. The fraction of sp³-hybridized carbons (Fsp3) is 0.500. The predicted octanol–water partition coefficient (Wildman–Crippen LogP) is 1.56. The van der Waals surface area contributed by atoms with Crippen LogP contribution < -0.4 is 10.6 Å². The molecule has 1 aliphatic heterocycles. The highest BCUT2D eigenvalue weighted by Gasteiger charge is 2.22. The average Bonchev–Trinajstić information content (AvgIpc) is 2.66. The third-order valence-electron chi connectivity index (χ3n) is 3.68. The number of benzene rings is 1. The van der Waals surface area contributed by atoms with E-state index in [4.69, 9.17) is 11.6 Å². The maximum absolute atomic E-state index is 12.1. The summed E-state index contributed by atoms with van der Waals surface area (Å²) >= 11 is 6.12. The van der Waals surface area contributed by atoms with Gasteiger partial charge in [0.05, 0.1) is 6.54 Å². The van der Waals surface area contributed by atoms with Gasteiger partial charge in [-0.2, -0.15) is 0 Å². The molecule has 1 saturated heterocycles. The maximum atomic E-state index is 12.1. The number of nitrogens with one attached hydrogen (secondary N) is 2. The molecular formula is C16H22ClN3O2. The maximum Gasteiger partial charge on any atom is 0.242 e. The van der Waals surface area contributed by atoms with Crippen LogP contribution in [-0.2, 0) is 16.1 Å². The summed E-state index contributed by atoms with van der Waals surface area (Å²) in [5, 5.41) is 6.32. The van der Waals surface area contributed by atoms with E-state index in [1.165, 1.54) is 0 Å². The van der Waals surface area contributed by atoms with Gasteiger partial charge in [-0.15, -0.1) is 0 Å². The lowest BCUT2D eigenvalue weighted by molar-refractivity contribution is -0.129. The van der Waals surface area contributed by atoms with Crippen LogP contribution in [0.3, 0.4) is 0 Å². The molecule has 1 aliphatic rings. The first-order valence-corrected chi connectivity index (χ1v) is 7.93. The van der Waals surface area contributed by atoms with Crippen molar-refractivity contribution in [2.24, 2.45) is 0 Å². The molecule has 2 rings (SSSR count). The van der Waals surface area contributed by atoms with E-state index in [0.29, 0.717) is 24.5 Å². The highest BCUT2D eigenvalue weighted by Crippen LogP contribution is 2.16. The van der Waals surface area contributed by atoms with E-state index in [9.17, 15) is 9.59 Å². The summed E-state index contributed by atoms with van der Waals surface area (Å²) in [6.07, 6.45) is 2.61. The zero-order valence-corrected chi connectivity index (χ0v) is 13.5. The molecule has 1 aromatic rings. The molecule has 0 spiro atoms. The number of amides is 2. The number of hydrogen-bond donors (Lipinski definition) is 2. The molecule has 0 radical (unpaired) electrons. The van der Waals surface area contributed by atoms with E-state index in [0.717, 1.165) is 18.4 Å². The first-order valence-electron chi connectivity index (χ1n) is 7.55. The fourth-order valence-corrected chi connectivity index (χ4v) is 2.73. The third-order valence-corrected chi connectivity index (χ3v) is 4.05. The summed E-state index contributed by atoms with van der Waals surface area (Å²) in [6, 6.07) is 7.16. The average molecular weight is 324 g/mol. The van der Waals surface area contributed by atoms with Crippen molar-refractivity contribution >= 4 is 23.4 Å². The summed E-state index contributed by atoms with van der Waals surface area (Å²) in [7, 11) is 1.86. The highest BCUT2D eigenvalue weighted by atomic mass is 35.5. The smallest absolute Gasteiger partial charge is 0.242 e. The topological polar surface area (TPSA) is 61.4 Å².